The molecule has 4 N–H and O–H groups in total. The highest BCUT2D eigenvalue weighted by Crippen LogP contribution is 2.42. The Bertz CT molecular complexity index is 1400. The summed E-state index contributed by atoms with van der Waals surface area (Å²) in [6, 6.07) is 2.83. The Kier molecular flexibility index (Phi) is 4.77. The molecule has 2 fully saturated rings. The van der Waals surface area contributed by atoms with Crippen LogP contribution in [0, 0.1) is 0 Å². The first-order valence-electron chi connectivity index (χ1n) is 10.7. The van der Waals surface area contributed by atoms with Crippen LogP contribution < -0.4 is 10.6 Å². The number of halogens is 3. The molecule has 2 bridgehead atoms. The molecule has 1 aromatic carbocycles. The maximum Gasteiger partial charge on any atom is 0.177 e. The molecule has 33 heavy (non-hydrogen) atoms. The van der Waals surface area contributed by atoms with Crippen LogP contribution in [-0.2, 0) is 13.7 Å². The molecule has 3 aromatic heterocycles. The zero-order valence-electron chi connectivity index (χ0n) is 17.6. The SMILES string of the molecule is Cn1nc2ccc(-c3n[nH]c4nc(N5[C@@H]6CC[C@H]5[C@@H](F)[C@@H](N)C6)c(CO)nc34)c(Cl)c2c1Cl. The molecular weight excluding hydrogens is 470 g/mol. The Labute approximate surface area is 197 Å². The second-order valence-electron chi connectivity index (χ2n) is 8.71. The number of H-pyrrole nitrogens is 1. The number of hydrogen-bond acceptors (Lipinski definition) is 7. The molecule has 0 unspecified atom stereocenters. The molecule has 0 spiro atoms. The summed E-state index contributed by atoms with van der Waals surface area (Å²) < 4.78 is 16.4. The minimum Gasteiger partial charge on any atom is -0.390 e. The summed E-state index contributed by atoms with van der Waals surface area (Å²) in [5.74, 6) is 0.471. The summed E-state index contributed by atoms with van der Waals surface area (Å²) in [7, 11) is 1.74. The van der Waals surface area contributed by atoms with Crippen molar-refractivity contribution in [3.63, 3.8) is 0 Å². The third kappa shape index (κ3) is 2.97. The molecule has 2 aliphatic heterocycles. The van der Waals surface area contributed by atoms with Crippen molar-refractivity contribution in [3.05, 3.63) is 28.0 Å². The predicted octanol–water partition coefficient (Wildman–Crippen LogP) is 3.11. The van der Waals surface area contributed by atoms with Gasteiger partial charge in [0, 0.05) is 24.7 Å². The molecule has 9 nitrogen and oxygen atoms in total. The van der Waals surface area contributed by atoms with E-state index in [1.165, 1.54) is 0 Å². The van der Waals surface area contributed by atoms with Crippen molar-refractivity contribution in [2.45, 2.75) is 50.2 Å². The topological polar surface area (TPSA) is 122 Å². The Morgan fingerprint density at radius 3 is 2.88 bits per heavy atom. The van der Waals surface area contributed by atoms with Gasteiger partial charge in [0.05, 0.1) is 28.6 Å². The average molecular weight is 491 g/mol. The van der Waals surface area contributed by atoms with Crippen molar-refractivity contribution in [1.29, 1.82) is 0 Å². The number of aromatic amines is 1. The lowest BCUT2D eigenvalue weighted by Crippen LogP contribution is -2.56. The molecule has 4 aromatic rings. The first kappa shape index (κ1) is 21.0. The van der Waals surface area contributed by atoms with Gasteiger partial charge in [-0.25, -0.2) is 14.4 Å². The number of aliphatic hydroxyl groups excluding tert-OH is 1. The predicted molar refractivity (Wildman–Crippen MR) is 124 cm³/mol. The van der Waals surface area contributed by atoms with Gasteiger partial charge in [0.25, 0.3) is 0 Å². The van der Waals surface area contributed by atoms with Crippen LogP contribution in [0.2, 0.25) is 10.2 Å². The van der Waals surface area contributed by atoms with E-state index in [1.54, 1.807) is 17.8 Å². The van der Waals surface area contributed by atoms with Crippen LogP contribution in [0.15, 0.2) is 12.1 Å². The summed E-state index contributed by atoms with van der Waals surface area (Å²) in [4.78, 5) is 11.3. The fourth-order valence-electron chi connectivity index (χ4n) is 5.28. The molecule has 0 aliphatic carbocycles. The van der Waals surface area contributed by atoms with Crippen LogP contribution in [0.1, 0.15) is 25.0 Å². The van der Waals surface area contributed by atoms with Gasteiger partial charge in [-0.3, -0.25) is 9.78 Å². The highest BCUT2D eigenvalue weighted by atomic mass is 35.5. The fourth-order valence-corrected chi connectivity index (χ4v) is 5.89. The minimum absolute atomic E-state index is 0.0704. The highest BCUT2D eigenvalue weighted by molar-refractivity contribution is 6.43. The Hall–Kier alpha value is -2.53. The van der Waals surface area contributed by atoms with Crippen LogP contribution in [-0.4, -0.2) is 59.3 Å². The van der Waals surface area contributed by atoms with E-state index in [1.807, 2.05) is 11.0 Å². The molecule has 172 valence electrons. The Balaban J connectivity index is 1.49. The van der Waals surface area contributed by atoms with Crippen molar-refractivity contribution in [2.75, 3.05) is 4.90 Å². The second-order valence-corrected chi connectivity index (χ2v) is 9.44. The van der Waals surface area contributed by atoms with Crippen LogP contribution in [0.5, 0.6) is 0 Å². The molecule has 0 radical (unpaired) electrons. The van der Waals surface area contributed by atoms with Crippen molar-refractivity contribution in [3.8, 4) is 11.3 Å². The maximum absolute atomic E-state index is 14.9. The molecular formula is C21H21Cl2FN8O. The number of fused-ring (bicyclic) bond motifs is 4. The fraction of sp³-hybridized carbons (Fsp3) is 0.429. The number of piperidine rings is 1. The molecule has 2 aliphatic rings. The van der Waals surface area contributed by atoms with E-state index >= 15 is 0 Å². The van der Waals surface area contributed by atoms with Crippen molar-refractivity contribution >= 4 is 51.1 Å². The number of aryl methyl sites for hydroxylation is 1. The third-order valence-electron chi connectivity index (χ3n) is 6.83. The normalized spacial score (nSPS) is 25.0. The lowest BCUT2D eigenvalue weighted by molar-refractivity contribution is 0.202. The van der Waals surface area contributed by atoms with Crippen LogP contribution in [0.4, 0.5) is 10.2 Å². The van der Waals surface area contributed by atoms with E-state index in [2.05, 4.69) is 20.3 Å². The Morgan fingerprint density at radius 1 is 1.27 bits per heavy atom. The van der Waals surface area contributed by atoms with Crippen molar-refractivity contribution in [1.82, 2.24) is 29.9 Å². The molecule has 0 amide bonds. The summed E-state index contributed by atoms with van der Waals surface area (Å²) in [6.45, 7) is -0.344. The number of aliphatic hydroxyl groups is 1. The number of nitrogens with one attached hydrogen (secondary N) is 1. The third-order valence-corrected chi connectivity index (χ3v) is 7.66. The number of nitrogens with two attached hydrogens (primary N) is 1. The van der Waals surface area contributed by atoms with E-state index in [0.29, 0.717) is 67.9 Å². The number of alkyl halides is 1. The van der Waals surface area contributed by atoms with Gasteiger partial charge in [-0.2, -0.15) is 10.2 Å². The molecule has 4 atom stereocenters. The maximum atomic E-state index is 14.9. The van der Waals surface area contributed by atoms with Gasteiger partial charge < -0.3 is 15.7 Å². The number of rotatable bonds is 3. The molecule has 0 saturated carbocycles. The van der Waals surface area contributed by atoms with E-state index in [9.17, 15) is 9.50 Å². The average Bonchev–Trinajstić information content (AvgIpc) is 3.45. The molecule has 5 heterocycles. The molecule has 2 saturated heterocycles. The molecule has 6 rings (SSSR count). The summed E-state index contributed by atoms with van der Waals surface area (Å²) in [5.41, 5.74) is 9.02. The van der Waals surface area contributed by atoms with Crippen LogP contribution in [0.3, 0.4) is 0 Å². The largest absolute Gasteiger partial charge is 0.390 e. The van der Waals surface area contributed by atoms with Gasteiger partial charge in [0.1, 0.15) is 28.2 Å². The lowest BCUT2D eigenvalue weighted by atomic mass is 9.96. The van der Waals surface area contributed by atoms with E-state index in [-0.39, 0.29) is 18.7 Å². The number of aromatic nitrogens is 6. The van der Waals surface area contributed by atoms with Gasteiger partial charge >= 0.3 is 0 Å². The van der Waals surface area contributed by atoms with Crippen molar-refractivity contribution in [2.24, 2.45) is 12.8 Å². The van der Waals surface area contributed by atoms with E-state index < -0.39 is 12.2 Å². The van der Waals surface area contributed by atoms with E-state index in [4.69, 9.17) is 33.9 Å². The van der Waals surface area contributed by atoms with E-state index in [0.717, 1.165) is 6.42 Å². The number of hydrogen-bond donors (Lipinski definition) is 3. The first-order valence-corrected chi connectivity index (χ1v) is 11.5. The number of benzene rings is 1. The summed E-state index contributed by atoms with van der Waals surface area (Å²) in [6.07, 6.45) is 0.913. The lowest BCUT2D eigenvalue weighted by Gasteiger charge is -2.41. The van der Waals surface area contributed by atoms with Gasteiger partial charge in [0.15, 0.2) is 11.5 Å². The first-order chi connectivity index (χ1) is 15.9. The quantitative estimate of drug-likeness (QED) is 0.403. The summed E-state index contributed by atoms with van der Waals surface area (Å²) in [5, 5.41) is 23.2. The number of anilines is 1. The van der Waals surface area contributed by atoms with Gasteiger partial charge in [-0.05, 0) is 31.4 Å². The van der Waals surface area contributed by atoms with Crippen LogP contribution in [0.25, 0.3) is 33.3 Å². The Morgan fingerprint density at radius 2 is 2.09 bits per heavy atom. The zero-order valence-corrected chi connectivity index (χ0v) is 19.1. The standard InChI is InChI=1S/C21H21Cl2FN8O/c1-31-19(23)14-11(30-31)4-3-9(15(14)22)17-18-20(29-28-17)27-21(12(7-33)26-18)32-8-2-5-13(32)16(24)10(25)6-8/h3-4,8,10,13,16,33H,2,5-7,25H2,1H3,(H,27,28,29)/t8-,10+,13+,16+/m1/s1. The highest BCUT2D eigenvalue weighted by Gasteiger charge is 2.48. The minimum atomic E-state index is -1.15. The van der Waals surface area contributed by atoms with Crippen molar-refractivity contribution < 1.29 is 9.50 Å². The van der Waals surface area contributed by atoms with Gasteiger partial charge in [-0.15, -0.1) is 0 Å². The van der Waals surface area contributed by atoms with Crippen LogP contribution >= 0.6 is 23.2 Å². The monoisotopic (exact) mass is 490 g/mol. The molecule has 12 heteroatoms. The second kappa shape index (κ2) is 7.49. The number of nitrogens with zero attached hydrogens (tertiary/aromatic N) is 6. The van der Waals surface area contributed by atoms with Gasteiger partial charge in [0.2, 0.25) is 0 Å². The van der Waals surface area contributed by atoms with Gasteiger partial charge in [-0.1, -0.05) is 23.2 Å². The zero-order chi connectivity index (χ0) is 23.0. The smallest absolute Gasteiger partial charge is 0.177 e. The summed E-state index contributed by atoms with van der Waals surface area (Å²) >= 11 is 13.1.